The molecule has 1 rings (SSSR count). The lowest BCUT2D eigenvalue weighted by Gasteiger charge is -2.28. The zero-order valence-electron chi connectivity index (χ0n) is 12.2. The van der Waals surface area contributed by atoms with Gasteiger partial charge in [-0.1, -0.05) is 52.8 Å². The third-order valence-electron chi connectivity index (χ3n) is 3.59. The highest BCUT2D eigenvalue weighted by molar-refractivity contribution is 5.38. The molecule has 0 aliphatic carbocycles. The maximum absolute atomic E-state index is 5.70. The molecule has 0 radical (unpaired) electrons. The monoisotopic (exact) mass is 233 g/mol. The van der Waals surface area contributed by atoms with Crippen LogP contribution < -0.4 is 5.73 Å². The van der Waals surface area contributed by atoms with Crippen molar-refractivity contribution in [2.75, 3.05) is 6.54 Å². The Hall–Kier alpha value is -0.820. The van der Waals surface area contributed by atoms with Crippen molar-refractivity contribution < 1.29 is 0 Å². The average Bonchev–Trinajstić information content (AvgIpc) is 2.15. The molecule has 0 heterocycles. The van der Waals surface area contributed by atoms with E-state index in [1.807, 2.05) is 0 Å². The maximum atomic E-state index is 5.70. The van der Waals surface area contributed by atoms with Crippen molar-refractivity contribution in [3.63, 3.8) is 0 Å². The zero-order valence-corrected chi connectivity index (χ0v) is 12.2. The van der Waals surface area contributed by atoms with Gasteiger partial charge in [0.25, 0.3) is 0 Å². The van der Waals surface area contributed by atoms with Gasteiger partial charge in [0.05, 0.1) is 0 Å². The fraction of sp³-hybridized carbons (Fsp3) is 0.625. The molecule has 0 bridgehead atoms. The lowest BCUT2D eigenvalue weighted by molar-refractivity contribution is 0.484. The van der Waals surface area contributed by atoms with Gasteiger partial charge in [-0.3, -0.25) is 0 Å². The molecule has 0 atom stereocenters. The van der Waals surface area contributed by atoms with Crippen LogP contribution in [0.25, 0.3) is 0 Å². The van der Waals surface area contributed by atoms with Crippen LogP contribution in [0.1, 0.15) is 57.7 Å². The molecule has 0 aromatic heterocycles. The van der Waals surface area contributed by atoms with E-state index < -0.39 is 0 Å². The molecule has 0 aliphatic heterocycles. The Morgan fingerprint density at radius 3 is 2.06 bits per heavy atom. The van der Waals surface area contributed by atoms with Gasteiger partial charge in [0, 0.05) is 0 Å². The summed E-state index contributed by atoms with van der Waals surface area (Å²) in [5.74, 6) is 0. The highest BCUT2D eigenvalue weighted by Crippen LogP contribution is 2.32. The van der Waals surface area contributed by atoms with Crippen LogP contribution in [0, 0.1) is 6.92 Å². The van der Waals surface area contributed by atoms with Crippen molar-refractivity contribution in [1.82, 2.24) is 0 Å². The molecule has 17 heavy (non-hydrogen) atoms. The molecular formula is C16H27N. The van der Waals surface area contributed by atoms with Gasteiger partial charge in [-0.2, -0.15) is 0 Å². The SMILES string of the molecule is Cc1cc(C(C)(C)C)ccc1C(C)(C)CCN. The number of hydrogen-bond acceptors (Lipinski definition) is 1. The third kappa shape index (κ3) is 3.32. The predicted octanol–water partition coefficient (Wildman–Crippen LogP) is 3.92. The van der Waals surface area contributed by atoms with Gasteiger partial charge in [-0.25, -0.2) is 0 Å². The fourth-order valence-corrected chi connectivity index (χ4v) is 2.39. The van der Waals surface area contributed by atoms with Gasteiger partial charge in [0.2, 0.25) is 0 Å². The summed E-state index contributed by atoms with van der Waals surface area (Å²) in [6.07, 6.45) is 1.03. The van der Waals surface area contributed by atoms with E-state index in [-0.39, 0.29) is 10.8 Å². The van der Waals surface area contributed by atoms with Crippen LogP contribution in [-0.4, -0.2) is 6.54 Å². The Bertz CT molecular complexity index is 383. The van der Waals surface area contributed by atoms with Crippen LogP contribution in [0.3, 0.4) is 0 Å². The van der Waals surface area contributed by atoms with Crippen molar-refractivity contribution in [2.45, 2.75) is 58.8 Å². The Morgan fingerprint density at radius 2 is 1.65 bits per heavy atom. The van der Waals surface area contributed by atoms with Crippen LogP contribution in [0.5, 0.6) is 0 Å². The summed E-state index contributed by atoms with van der Waals surface area (Å²) in [6, 6.07) is 6.87. The summed E-state index contributed by atoms with van der Waals surface area (Å²) in [6.45, 7) is 14.3. The Kier molecular flexibility index (Phi) is 4.03. The minimum Gasteiger partial charge on any atom is -0.330 e. The molecule has 0 fully saturated rings. The molecule has 1 aromatic rings. The molecule has 1 aromatic carbocycles. The molecule has 1 nitrogen and oxygen atoms in total. The molecular weight excluding hydrogens is 206 g/mol. The van der Waals surface area contributed by atoms with Gasteiger partial charge < -0.3 is 5.73 Å². The van der Waals surface area contributed by atoms with E-state index in [1.54, 1.807) is 0 Å². The van der Waals surface area contributed by atoms with Crippen molar-refractivity contribution in [2.24, 2.45) is 5.73 Å². The minimum atomic E-state index is 0.176. The van der Waals surface area contributed by atoms with Crippen molar-refractivity contribution in [3.8, 4) is 0 Å². The van der Waals surface area contributed by atoms with Crippen LogP contribution in [0.15, 0.2) is 18.2 Å². The van der Waals surface area contributed by atoms with Gasteiger partial charge in [-0.05, 0) is 47.4 Å². The zero-order chi connectivity index (χ0) is 13.3. The van der Waals surface area contributed by atoms with Gasteiger partial charge in [0.15, 0.2) is 0 Å². The first-order valence-corrected chi connectivity index (χ1v) is 6.50. The minimum absolute atomic E-state index is 0.176. The average molecular weight is 233 g/mol. The molecule has 0 unspecified atom stereocenters. The first-order chi connectivity index (χ1) is 7.68. The number of aryl methyl sites for hydroxylation is 1. The van der Waals surface area contributed by atoms with Gasteiger partial charge in [0.1, 0.15) is 0 Å². The number of nitrogens with two attached hydrogens (primary N) is 1. The molecule has 1 heteroatoms. The first kappa shape index (κ1) is 14.2. The Labute approximate surface area is 106 Å². The second kappa shape index (κ2) is 4.81. The molecule has 0 saturated carbocycles. The normalized spacial score (nSPS) is 12.9. The van der Waals surface area contributed by atoms with Gasteiger partial charge in [-0.15, -0.1) is 0 Å². The molecule has 2 N–H and O–H groups in total. The van der Waals surface area contributed by atoms with Crippen LogP contribution in [0.2, 0.25) is 0 Å². The van der Waals surface area contributed by atoms with Crippen LogP contribution in [0.4, 0.5) is 0 Å². The molecule has 0 amide bonds. The predicted molar refractivity (Wildman–Crippen MR) is 76.6 cm³/mol. The Balaban J connectivity index is 3.14. The molecule has 0 saturated heterocycles. The van der Waals surface area contributed by atoms with Gasteiger partial charge >= 0.3 is 0 Å². The highest BCUT2D eigenvalue weighted by atomic mass is 14.5. The lowest BCUT2D eigenvalue weighted by Crippen LogP contribution is -2.23. The molecule has 0 aliphatic rings. The topological polar surface area (TPSA) is 26.0 Å². The molecule has 96 valence electrons. The summed E-state index contributed by atoms with van der Waals surface area (Å²) in [7, 11) is 0. The lowest BCUT2D eigenvalue weighted by atomic mass is 9.77. The van der Waals surface area contributed by atoms with E-state index >= 15 is 0 Å². The van der Waals surface area contributed by atoms with Crippen molar-refractivity contribution >= 4 is 0 Å². The summed E-state index contributed by atoms with van der Waals surface area (Å²) < 4.78 is 0. The number of benzene rings is 1. The van der Waals surface area contributed by atoms with Crippen LogP contribution >= 0.6 is 0 Å². The standard InChI is InChI=1S/C16H27N/c1-12-11-13(15(2,3)4)7-8-14(12)16(5,6)9-10-17/h7-8,11H,9-10,17H2,1-6H3. The number of rotatable bonds is 3. The van der Waals surface area contributed by atoms with Crippen molar-refractivity contribution in [1.29, 1.82) is 0 Å². The second-order valence-electron chi connectivity index (χ2n) is 6.70. The van der Waals surface area contributed by atoms with E-state index in [9.17, 15) is 0 Å². The fourth-order valence-electron chi connectivity index (χ4n) is 2.39. The third-order valence-corrected chi connectivity index (χ3v) is 3.59. The van der Waals surface area contributed by atoms with E-state index in [2.05, 4.69) is 59.7 Å². The summed E-state index contributed by atoms with van der Waals surface area (Å²) >= 11 is 0. The quantitative estimate of drug-likeness (QED) is 0.841. The van der Waals surface area contributed by atoms with E-state index in [1.165, 1.54) is 16.7 Å². The smallest absolute Gasteiger partial charge is 0.00690 e. The summed E-state index contributed by atoms with van der Waals surface area (Å²) in [5, 5.41) is 0. The Morgan fingerprint density at radius 1 is 1.06 bits per heavy atom. The van der Waals surface area contributed by atoms with E-state index in [0.717, 1.165) is 13.0 Å². The van der Waals surface area contributed by atoms with Crippen LogP contribution in [-0.2, 0) is 10.8 Å². The van der Waals surface area contributed by atoms with E-state index in [4.69, 9.17) is 5.73 Å². The maximum Gasteiger partial charge on any atom is -0.00690 e. The van der Waals surface area contributed by atoms with E-state index in [0.29, 0.717) is 0 Å². The largest absolute Gasteiger partial charge is 0.330 e. The molecule has 0 spiro atoms. The highest BCUT2D eigenvalue weighted by Gasteiger charge is 2.23. The summed E-state index contributed by atoms with van der Waals surface area (Å²) in [5.41, 5.74) is 10.3. The second-order valence-corrected chi connectivity index (χ2v) is 6.70. The number of hydrogen-bond donors (Lipinski definition) is 1. The summed E-state index contributed by atoms with van der Waals surface area (Å²) in [4.78, 5) is 0. The first-order valence-electron chi connectivity index (χ1n) is 6.50. The van der Waals surface area contributed by atoms with Crippen molar-refractivity contribution in [3.05, 3.63) is 34.9 Å².